The zero-order chi connectivity index (χ0) is 12.0. The molecule has 1 aromatic rings. The average Bonchev–Trinajstić information content (AvgIpc) is 2.36. The molecule has 0 aromatic heterocycles. The van der Waals surface area contributed by atoms with Crippen LogP contribution in [0.3, 0.4) is 0 Å². The fourth-order valence-electron chi connectivity index (χ4n) is 1.41. The number of rotatable bonds is 4. The maximum Gasteiger partial charge on any atom is 0.338 e. The van der Waals surface area contributed by atoms with Gasteiger partial charge in [0.25, 0.3) is 0 Å². The molecule has 0 atom stereocenters. The number of hydrogen-bond acceptors (Lipinski definition) is 2. The topological polar surface area (TPSA) is 26.3 Å². The lowest BCUT2D eigenvalue weighted by atomic mass is 10.00. The Balaban J connectivity index is 3.32. The minimum Gasteiger partial charge on any atom is -0.465 e. The van der Waals surface area contributed by atoms with E-state index in [0.717, 1.165) is 11.1 Å². The van der Waals surface area contributed by atoms with Crippen molar-refractivity contribution in [1.82, 2.24) is 0 Å². The summed E-state index contributed by atoms with van der Waals surface area (Å²) < 4.78 is 4.69. The van der Waals surface area contributed by atoms with E-state index in [1.807, 2.05) is 30.3 Å². The van der Waals surface area contributed by atoms with Crippen LogP contribution < -0.4 is 0 Å². The smallest absolute Gasteiger partial charge is 0.338 e. The summed E-state index contributed by atoms with van der Waals surface area (Å²) in [6.45, 7) is 7.33. The van der Waals surface area contributed by atoms with Crippen LogP contribution in [0.4, 0.5) is 0 Å². The largest absolute Gasteiger partial charge is 0.465 e. The van der Waals surface area contributed by atoms with Gasteiger partial charge in [0.1, 0.15) is 0 Å². The molecule has 0 N–H and O–H groups in total. The van der Waals surface area contributed by atoms with Crippen LogP contribution in [-0.4, -0.2) is 13.1 Å². The molecule has 0 spiro atoms. The molecule has 0 heterocycles. The average molecular weight is 214 g/mol. The van der Waals surface area contributed by atoms with Gasteiger partial charge in [-0.15, -0.1) is 0 Å². The van der Waals surface area contributed by atoms with Crippen molar-refractivity contribution < 1.29 is 9.53 Å². The van der Waals surface area contributed by atoms with E-state index in [2.05, 4.69) is 13.2 Å². The van der Waals surface area contributed by atoms with Crippen molar-refractivity contribution in [1.29, 1.82) is 0 Å². The van der Waals surface area contributed by atoms with Gasteiger partial charge in [0, 0.05) is 0 Å². The molecule has 16 heavy (non-hydrogen) atoms. The van der Waals surface area contributed by atoms with E-state index in [1.165, 1.54) is 13.2 Å². The lowest BCUT2D eigenvalue weighted by Crippen LogP contribution is -2.04. The highest BCUT2D eigenvalue weighted by atomic mass is 16.5. The van der Waals surface area contributed by atoms with Crippen molar-refractivity contribution in [2.75, 3.05) is 7.11 Å². The van der Waals surface area contributed by atoms with Crippen molar-refractivity contribution in [3.05, 3.63) is 66.8 Å². The van der Waals surface area contributed by atoms with Crippen molar-refractivity contribution >= 4 is 11.5 Å². The Kier molecular flexibility index (Phi) is 4.28. The Labute approximate surface area is 95.6 Å². The van der Waals surface area contributed by atoms with Crippen LogP contribution in [0.2, 0.25) is 0 Å². The summed E-state index contributed by atoms with van der Waals surface area (Å²) in [5, 5.41) is 0. The summed E-state index contributed by atoms with van der Waals surface area (Å²) in [4.78, 5) is 11.5. The molecule has 0 aliphatic heterocycles. The van der Waals surface area contributed by atoms with Gasteiger partial charge in [0.2, 0.25) is 0 Å². The van der Waals surface area contributed by atoms with Gasteiger partial charge in [-0.3, -0.25) is 0 Å². The Hall–Kier alpha value is -2.09. The van der Waals surface area contributed by atoms with Gasteiger partial charge in [-0.25, -0.2) is 4.79 Å². The van der Waals surface area contributed by atoms with Gasteiger partial charge in [-0.2, -0.15) is 0 Å². The van der Waals surface area contributed by atoms with Crippen LogP contribution in [0.5, 0.6) is 0 Å². The molecular formula is C14H14O2. The van der Waals surface area contributed by atoms with Crippen LogP contribution in [0.25, 0.3) is 5.57 Å². The van der Waals surface area contributed by atoms with E-state index >= 15 is 0 Å². The fraction of sp³-hybridized carbons (Fsp3) is 0.0714. The summed E-state index contributed by atoms with van der Waals surface area (Å²) in [5.74, 6) is -0.409. The van der Waals surface area contributed by atoms with E-state index < -0.39 is 5.97 Å². The number of allylic oxidation sites excluding steroid dienone is 2. The highest BCUT2D eigenvalue weighted by molar-refractivity contribution is 6.02. The SMILES string of the molecule is C=C/C(C(=O)OC)=C(\C=C)c1ccccc1. The Morgan fingerprint density at radius 3 is 2.25 bits per heavy atom. The molecule has 2 heteroatoms. The Morgan fingerprint density at radius 2 is 1.81 bits per heavy atom. The lowest BCUT2D eigenvalue weighted by molar-refractivity contribution is -0.135. The summed E-state index contributed by atoms with van der Waals surface area (Å²) in [7, 11) is 1.34. The van der Waals surface area contributed by atoms with Gasteiger partial charge in [-0.05, 0) is 11.1 Å². The third kappa shape index (κ3) is 2.48. The maximum atomic E-state index is 11.5. The summed E-state index contributed by atoms with van der Waals surface area (Å²) in [6.07, 6.45) is 3.11. The van der Waals surface area contributed by atoms with Gasteiger partial charge in [0.15, 0.2) is 0 Å². The molecule has 0 saturated heterocycles. The van der Waals surface area contributed by atoms with E-state index in [1.54, 1.807) is 6.08 Å². The van der Waals surface area contributed by atoms with Gasteiger partial charge >= 0.3 is 5.97 Å². The molecule has 0 radical (unpaired) electrons. The molecule has 1 aromatic carbocycles. The predicted octanol–water partition coefficient (Wildman–Crippen LogP) is 2.99. The van der Waals surface area contributed by atoms with Crippen molar-refractivity contribution in [3.63, 3.8) is 0 Å². The summed E-state index contributed by atoms with van der Waals surface area (Å²) in [6, 6.07) is 9.52. The maximum absolute atomic E-state index is 11.5. The number of carbonyl (C=O) groups is 1. The van der Waals surface area contributed by atoms with Gasteiger partial charge in [0.05, 0.1) is 12.7 Å². The summed E-state index contributed by atoms with van der Waals surface area (Å²) >= 11 is 0. The molecular weight excluding hydrogens is 200 g/mol. The molecule has 0 aliphatic carbocycles. The molecule has 0 amide bonds. The molecule has 0 saturated carbocycles. The van der Waals surface area contributed by atoms with Crippen molar-refractivity contribution in [3.8, 4) is 0 Å². The molecule has 0 unspecified atom stereocenters. The van der Waals surface area contributed by atoms with Crippen LogP contribution in [0, 0.1) is 0 Å². The summed E-state index contributed by atoms with van der Waals surface area (Å²) in [5.41, 5.74) is 2.06. The number of methoxy groups -OCH3 is 1. The standard InChI is InChI=1S/C14H14O2/c1-4-12(11-9-7-6-8-10-11)13(5-2)14(15)16-3/h4-10H,1-2H2,3H3/b13-12-. The minimum atomic E-state index is -0.409. The first-order valence-electron chi connectivity index (χ1n) is 4.87. The van der Waals surface area contributed by atoms with E-state index in [9.17, 15) is 4.79 Å². The highest BCUT2D eigenvalue weighted by Crippen LogP contribution is 2.21. The molecule has 2 nitrogen and oxygen atoms in total. The first-order valence-corrected chi connectivity index (χ1v) is 4.87. The zero-order valence-electron chi connectivity index (χ0n) is 9.27. The highest BCUT2D eigenvalue weighted by Gasteiger charge is 2.11. The predicted molar refractivity (Wildman–Crippen MR) is 65.8 cm³/mol. The Bertz CT molecular complexity index is 427. The van der Waals surface area contributed by atoms with E-state index in [-0.39, 0.29) is 0 Å². The van der Waals surface area contributed by atoms with Crippen LogP contribution in [0.15, 0.2) is 61.2 Å². The van der Waals surface area contributed by atoms with Gasteiger partial charge < -0.3 is 4.74 Å². The van der Waals surface area contributed by atoms with Crippen LogP contribution in [-0.2, 0) is 9.53 Å². The monoisotopic (exact) mass is 214 g/mol. The number of carbonyl (C=O) groups excluding carboxylic acids is 1. The third-order valence-electron chi connectivity index (χ3n) is 2.19. The second-order valence-corrected chi connectivity index (χ2v) is 3.09. The van der Waals surface area contributed by atoms with E-state index in [4.69, 9.17) is 4.74 Å². The van der Waals surface area contributed by atoms with E-state index in [0.29, 0.717) is 5.57 Å². The Morgan fingerprint density at radius 1 is 1.19 bits per heavy atom. The first-order chi connectivity index (χ1) is 7.74. The molecule has 0 aliphatic rings. The van der Waals surface area contributed by atoms with Crippen LogP contribution in [0.1, 0.15) is 5.56 Å². The number of esters is 1. The zero-order valence-corrected chi connectivity index (χ0v) is 9.27. The normalized spacial score (nSPS) is 11.3. The fourth-order valence-corrected chi connectivity index (χ4v) is 1.41. The second-order valence-electron chi connectivity index (χ2n) is 3.09. The quantitative estimate of drug-likeness (QED) is 0.437. The molecule has 0 fully saturated rings. The number of ether oxygens (including phenoxy) is 1. The molecule has 1 rings (SSSR count). The number of benzene rings is 1. The first kappa shape index (κ1) is 12.0. The van der Waals surface area contributed by atoms with Gasteiger partial charge in [-0.1, -0.05) is 55.6 Å². The molecule has 0 bridgehead atoms. The van der Waals surface area contributed by atoms with Crippen molar-refractivity contribution in [2.45, 2.75) is 0 Å². The number of hydrogen-bond donors (Lipinski definition) is 0. The second kappa shape index (κ2) is 5.71. The van der Waals surface area contributed by atoms with Crippen LogP contribution >= 0.6 is 0 Å². The third-order valence-corrected chi connectivity index (χ3v) is 2.19. The lowest BCUT2D eigenvalue weighted by Gasteiger charge is -2.07. The van der Waals surface area contributed by atoms with Crippen molar-refractivity contribution in [2.24, 2.45) is 0 Å². The minimum absolute atomic E-state index is 0.409. The molecule has 82 valence electrons.